The number of aromatic nitrogens is 1. The van der Waals surface area contributed by atoms with Gasteiger partial charge >= 0.3 is 0 Å². The Morgan fingerprint density at radius 1 is 0.950 bits per heavy atom. The fraction of sp³-hybridized carbons (Fsp3) is 0.118. The van der Waals surface area contributed by atoms with Gasteiger partial charge in [0.25, 0.3) is 5.01 Å². The van der Waals surface area contributed by atoms with Gasteiger partial charge in [0.05, 0.1) is 0 Å². The Bertz CT molecular complexity index is 716. The number of thiazole rings is 1. The van der Waals surface area contributed by atoms with Crippen LogP contribution in [0, 0.1) is 0 Å². The number of nitrogens with zero attached hydrogens (tertiary/aromatic N) is 1. The van der Waals surface area contributed by atoms with Gasteiger partial charge in [0.2, 0.25) is 5.52 Å². The van der Waals surface area contributed by atoms with Crippen molar-refractivity contribution < 1.29 is 28.5 Å². The summed E-state index contributed by atoms with van der Waals surface area (Å²) in [6.45, 7) is 3.19. The molecule has 3 heteroatoms. The molecule has 1 nitrogen and oxygen atoms in total. The molecule has 0 saturated carbocycles. The number of para-hydroxylation sites is 1. The average Bonchev–Trinajstić information content (AvgIpc) is 2.83. The monoisotopic (exact) mass is 393 g/mol. The summed E-state index contributed by atoms with van der Waals surface area (Å²) in [6, 6.07) is 19.0. The van der Waals surface area contributed by atoms with E-state index in [-0.39, 0.29) is 24.0 Å². The van der Waals surface area contributed by atoms with Gasteiger partial charge in [-0.1, -0.05) is 53.8 Å². The molecule has 0 aliphatic carbocycles. The van der Waals surface area contributed by atoms with E-state index in [1.54, 1.807) is 0 Å². The molecule has 0 unspecified atom stereocenters. The van der Waals surface area contributed by atoms with E-state index < -0.39 is 0 Å². The summed E-state index contributed by atoms with van der Waals surface area (Å²) < 4.78 is 3.71. The maximum Gasteiger partial charge on any atom is 0.262 e. The van der Waals surface area contributed by atoms with Gasteiger partial charge in [-0.2, -0.15) is 4.57 Å². The summed E-state index contributed by atoms with van der Waals surface area (Å²) in [5.41, 5.74) is 2.56. The summed E-state index contributed by atoms with van der Waals surface area (Å²) in [5.74, 6) is 0. The van der Waals surface area contributed by atoms with Crippen LogP contribution >= 0.6 is 11.3 Å². The first kappa shape index (κ1) is 15.2. The molecular formula is C17H16INS. The highest BCUT2D eigenvalue weighted by Gasteiger charge is 2.15. The van der Waals surface area contributed by atoms with Crippen LogP contribution in [-0.4, -0.2) is 0 Å². The van der Waals surface area contributed by atoms with Crippen LogP contribution in [0.15, 0.2) is 54.6 Å². The lowest BCUT2D eigenvalue weighted by atomic mass is 10.2. The number of rotatable bonds is 3. The third kappa shape index (κ3) is 3.10. The van der Waals surface area contributed by atoms with Gasteiger partial charge in [-0.3, -0.25) is 0 Å². The van der Waals surface area contributed by atoms with Crippen LogP contribution in [0.3, 0.4) is 0 Å². The topological polar surface area (TPSA) is 3.88 Å². The van der Waals surface area contributed by atoms with Gasteiger partial charge in [-0.05, 0) is 24.6 Å². The van der Waals surface area contributed by atoms with Crippen LogP contribution in [0.2, 0.25) is 0 Å². The Balaban J connectivity index is 0.00000147. The molecule has 2 aromatic carbocycles. The van der Waals surface area contributed by atoms with Gasteiger partial charge in [0, 0.05) is 12.1 Å². The molecule has 0 aliphatic rings. The molecule has 0 aliphatic heterocycles. The van der Waals surface area contributed by atoms with Crippen molar-refractivity contribution in [3.8, 4) is 0 Å². The third-order valence-corrected chi connectivity index (χ3v) is 4.30. The van der Waals surface area contributed by atoms with E-state index in [0.29, 0.717) is 0 Å². The van der Waals surface area contributed by atoms with Crippen LogP contribution in [0.1, 0.15) is 17.5 Å². The predicted octanol–water partition coefficient (Wildman–Crippen LogP) is 1.38. The summed E-state index contributed by atoms with van der Waals surface area (Å²) >= 11 is 1.84. The molecule has 102 valence electrons. The zero-order chi connectivity index (χ0) is 13.1. The van der Waals surface area contributed by atoms with E-state index in [1.807, 2.05) is 17.4 Å². The fourth-order valence-electron chi connectivity index (χ4n) is 2.23. The van der Waals surface area contributed by atoms with Gasteiger partial charge in [0.1, 0.15) is 11.2 Å². The fourth-order valence-corrected chi connectivity index (χ4v) is 3.36. The lowest BCUT2D eigenvalue weighted by Gasteiger charge is -1.92. The van der Waals surface area contributed by atoms with Crippen LogP contribution in [0.5, 0.6) is 0 Å². The normalized spacial score (nSPS) is 10.8. The van der Waals surface area contributed by atoms with E-state index >= 15 is 0 Å². The van der Waals surface area contributed by atoms with Crippen molar-refractivity contribution in [2.75, 3.05) is 0 Å². The van der Waals surface area contributed by atoms with Crippen molar-refractivity contribution in [1.29, 1.82) is 0 Å². The molecule has 0 bridgehead atoms. The minimum atomic E-state index is 0. The predicted molar refractivity (Wildman–Crippen MR) is 83.1 cm³/mol. The molecule has 1 aromatic heterocycles. The zero-order valence-corrected chi connectivity index (χ0v) is 14.3. The zero-order valence-electron chi connectivity index (χ0n) is 11.3. The molecule has 20 heavy (non-hydrogen) atoms. The van der Waals surface area contributed by atoms with Crippen molar-refractivity contribution in [1.82, 2.24) is 0 Å². The van der Waals surface area contributed by atoms with Crippen molar-refractivity contribution in [2.24, 2.45) is 0 Å². The average molecular weight is 393 g/mol. The highest BCUT2D eigenvalue weighted by molar-refractivity contribution is 7.18. The van der Waals surface area contributed by atoms with Crippen molar-refractivity contribution in [2.45, 2.75) is 13.5 Å². The molecule has 3 rings (SSSR count). The molecule has 0 radical (unpaired) electrons. The van der Waals surface area contributed by atoms with Crippen LogP contribution < -0.4 is 28.5 Å². The second-order valence-electron chi connectivity index (χ2n) is 4.40. The summed E-state index contributed by atoms with van der Waals surface area (Å²) in [7, 11) is 0. The molecule has 0 spiro atoms. The standard InChI is InChI=1S/C17H16NS.HI/c1-2-18-15-10-6-7-11-16(15)19-17(18)13-12-14-8-4-3-5-9-14;/h3-13H,2H2,1H3;1H/q+1;/p-1/b13-12+;. The van der Waals surface area contributed by atoms with E-state index in [0.717, 1.165) is 6.54 Å². The lowest BCUT2D eigenvalue weighted by molar-refractivity contribution is -0.665. The molecule has 0 atom stereocenters. The van der Waals surface area contributed by atoms with Crippen LogP contribution in [0.4, 0.5) is 0 Å². The second-order valence-corrected chi connectivity index (χ2v) is 5.46. The van der Waals surface area contributed by atoms with Crippen LogP contribution in [-0.2, 0) is 6.54 Å². The first-order chi connectivity index (χ1) is 9.38. The van der Waals surface area contributed by atoms with Crippen molar-refractivity contribution in [3.63, 3.8) is 0 Å². The second kappa shape index (κ2) is 6.99. The highest BCUT2D eigenvalue weighted by atomic mass is 127. The Morgan fingerprint density at radius 2 is 1.65 bits per heavy atom. The Kier molecular flexibility index (Phi) is 5.31. The smallest absolute Gasteiger partial charge is 0.262 e. The lowest BCUT2D eigenvalue weighted by Crippen LogP contribution is -3.00. The van der Waals surface area contributed by atoms with Gasteiger partial charge < -0.3 is 24.0 Å². The van der Waals surface area contributed by atoms with Crippen LogP contribution in [0.25, 0.3) is 22.4 Å². The quantitative estimate of drug-likeness (QED) is 0.468. The Morgan fingerprint density at radius 3 is 2.40 bits per heavy atom. The van der Waals surface area contributed by atoms with Crippen molar-refractivity contribution in [3.05, 3.63) is 65.2 Å². The molecule has 0 N–H and O–H groups in total. The van der Waals surface area contributed by atoms with Crippen molar-refractivity contribution >= 4 is 33.7 Å². The molecule has 0 fully saturated rings. The number of aryl methyl sites for hydroxylation is 1. The SMILES string of the molecule is CC[n+]1c(/C=C/c2ccccc2)sc2ccccc21.[I-]. The van der Waals surface area contributed by atoms with Gasteiger partial charge in [0.15, 0.2) is 0 Å². The van der Waals surface area contributed by atoms with Gasteiger partial charge in [-0.15, -0.1) is 0 Å². The summed E-state index contributed by atoms with van der Waals surface area (Å²) in [6.07, 6.45) is 4.39. The summed E-state index contributed by atoms with van der Waals surface area (Å²) in [5, 5.41) is 1.30. The summed E-state index contributed by atoms with van der Waals surface area (Å²) in [4.78, 5) is 0. The molecule has 0 saturated heterocycles. The Labute approximate surface area is 140 Å². The first-order valence-corrected chi connectivity index (χ1v) is 7.34. The third-order valence-electron chi connectivity index (χ3n) is 3.17. The van der Waals surface area contributed by atoms with E-state index in [9.17, 15) is 0 Å². The molecule has 1 heterocycles. The molecular weight excluding hydrogens is 377 g/mol. The minimum Gasteiger partial charge on any atom is -1.00 e. The maximum atomic E-state index is 2.36. The molecule has 0 amide bonds. The maximum absolute atomic E-state index is 2.36. The number of hydrogen-bond donors (Lipinski definition) is 0. The number of hydrogen-bond acceptors (Lipinski definition) is 1. The minimum absolute atomic E-state index is 0. The highest BCUT2D eigenvalue weighted by Crippen LogP contribution is 2.21. The Hall–Kier alpha value is -1.20. The van der Waals surface area contributed by atoms with Gasteiger partial charge in [-0.25, -0.2) is 0 Å². The largest absolute Gasteiger partial charge is 1.00 e. The van der Waals surface area contributed by atoms with E-state index in [1.165, 1.54) is 20.8 Å². The number of benzene rings is 2. The number of fused-ring (bicyclic) bond motifs is 1. The van der Waals surface area contributed by atoms with E-state index in [4.69, 9.17) is 0 Å². The number of halogens is 1. The molecule has 3 aromatic rings. The first-order valence-electron chi connectivity index (χ1n) is 6.53. The van der Waals surface area contributed by atoms with E-state index in [2.05, 4.69) is 72.2 Å².